The molecule has 0 N–H and O–H groups in total. The smallest absolute Gasteiger partial charge is 0.260 e. The molecule has 0 saturated carbocycles. The molecule has 0 aliphatic heterocycles. The van der Waals surface area contributed by atoms with Crippen LogP contribution in [0, 0.1) is 0 Å². The molecule has 0 bridgehead atoms. The van der Waals surface area contributed by atoms with E-state index < -0.39 is 0 Å². The highest BCUT2D eigenvalue weighted by atomic mass is 35.5. The third-order valence-electron chi connectivity index (χ3n) is 1.03. The minimum Gasteiger partial charge on any atom is -0.434 e. The summed E-state index contributed by atoms with van der Waals surface area (Å²) in [5, 5.41) is 0.496. The first-order valence-corrected chi connectivity index (χ1v) is 3.98. The molecule has 0 radical (unpaired) electrons. The van der Waals surface area contributed by atoms with E-state index in [1.54, 1.807) is 24.3 Å². The van der Waals surface area contributed by atoms with Gasteiger partial charge in [0.2, 0.25) is 0 Å². The van der Waals surface area contributed by atoms with Gasteiger partial charge in [0.1, 0.15) is 5.75 Å². The van der Waals surface area contributed by atoms with Crippen LogP contribution in [0.4, 0.5) is 0 Å². The largest absolute Gasteiger partial charge is 0.434 e. The fourth-order valence-electron chi connectivity index (χ4n) is 0.614. The van der Waals surface area contributed by atoms with Gasteiger partial charge >= 0.3 is 0 Å². The van der Waals surface area contributed by atoms with Gasteiger partial charge in [-0.2, -0.15) is 0 Å². The van der Waals surface area contributed by atoms with Crippen LogP contribution in [0.2, 0.25) is 5.02 Å². The van der Waals surface area contributed by atoms with E-state index in [0.29, 0.717) is 10.8 Å². The minimum absolute atomic E-state index is 0.0573. The van der Waals surface area contributed by atoms with E-state index in [1.807, 2.05) is 0 Å². The molecule has 0 aliphatic rings. The Morgan fingerprint density at radius 3 is 2.55 bits per heavy atom. The number of benzene rings is 1. The second-order valence-corrected chi connectivity index (χ2v) is 3.12. The highest BCUT2D eigenvalue weighted by Gasteiger charge is 2.00. The summed E-state index contributed by atoms with van der Waals surface area (Å²) in [6, 6.07) is 6.98. The van der Waals surface area contributed by atoms with Crippen molar-refractivity contribution >= 4 is 39.9 Å². The fourth-order valence-corrected chi connectivity index (χ4v) is 0.961. The maximum atomic E-state index is 5.73. The highest BCUT2D eigenvalue weighted by Crippen LogP contribution is 2.23. The quantitative estimate of drug-likeness (QED) is 0.516. The van der Waals surface area contributed by atoms with Crippen molar-refractivity contribution in [2.45, 2.75) is 0 Å². The Bertz CT molecular complexity index is 275. The van der Waals surface area contributed by atoms with E-state index >= 15 is 0 Å². The van der Waals surface area contributed by atoms with Crippen LogP contribution in [0.3, 0.4) is 0 Å². The second kappa shape index (κ2) is 3.90. The van der Waals surface area contributed by atoms with Crippen molar-refractivity contribution in [3.8, 4) is 5.75 Å². The van der Waals surface area contributed by atoms with Gasteiger partial charge in [-0.05, 0) is 36.0 Å². The van der Waals surface area contributed by atoms with E-state index in [4.69, 9.17) is 27.9 Å². The summed E-state index contributed by atoms with van der Waals surface area (Å²) in [4.78, 5) is 0. The van der Waals surface area contributed by atoms with Crippen LogP contribution in [-0.4, -0.2) is 4.51 Å². The van der Waals surface area contributed by atoms with Gasteiger partial charge in [-0.1, -0.05) is 23.7 Å². The van der Waals surface area contributed by atoms with E-state index in [0.717, 1.165) is 0 Å². The zero-order valence-electron chi connectivity index (χ0n) is 5.38. The van der Waals surface area contributed by atoms with E-state index in [2.05, 4.69) is 12.2 Å². The Morgan fingerprint density at radius 2 is 2.00 bits per heavy atom. The van der Waals surface area contributed by atoms with Gasteiger partial charge in [-0.25, -0.2) is 0 Å². The van der Waals surface area contributed by atoms with Crippen LogP contribution in [0.25, 0.3) is 0 Å². The lowest BCUT2D eigenvalue weighted by Gasteiger charge is -2.01. The Morgan fingerprint density at radius 1 is 1.36 bits per heavy atom. The zero-order valence-corrected chi connectivity index (χ0v) is 7.71. The van der Waals surface area contributed by atoms with Gasteiger partial charge in [-0.3, -0.25) is 0 Å². The molecule has 58 valence electrons. The molecule has 1 nitrogen and oxygen atoms in total. The van der Waals surface area contributed by atoms with Gasteiger partial charge in [0.25, 0.3) is 4.51 Å². The Hall–Kier alpha value is -0.310. The number of hydrogen-bond donors (Lipinski definition) is 0. The SMILES string of the molecule is S=C(Cl)Oc1ccccc1Cl. The molecule has 0 atom stereocenters. The summed E-state index contributed by atoms with van der Waals surface area (Å²) < 4.78 is 4.85. The lowest BCUT2D eigenvalue weighted by molar-refractivity contribution is 0.578. The van der Waals surface area contributed by atoms with Crippen LogP contribution in [0.5, 0.6) is 5.75 Å². The number of thiocarbonyl (C=S) groups is 1. The molecule has 4 heteroatoms. The third-order valence-corrected chi connectivity index (χ3v) is 1.50. The molecule has 1 rings (SSSR count). The van der Waals surface area contributed by atoms with Crippen molar-refractivity contribution in [3.05, 3.63) is 29.3 Å². The molecular formula is C7H4Cl2OS. The summed E-state index contributed by atoms with van der Waals surface area (Å²) in [5.74, 6) is 0.481. The monoisotopic (exact) mass is 206 g/mol. The Balaban J connectivity index is 2.86. The molecule has 0 unspecified atom stereocenters. The second-order valence-electron chi connectivity index (χ2n) is 1.77. The molecule has 1 aromatic rings. The first-order chi connectivity index (χ1) is 5.20. The van der Waals surface area contributed by atoms with Crippen molar-refractivity contribution in [3.63, 3.8) is 0 Å². The molecule has 0 spiro atoms. The maximum Gasteiger partial charge on any atom is 0.260 e. The molecule has 11 heavy (non-hydrogen) atoms. The predicted octanol–water partition coefficient (Wildman–Crippen LogP) is 3.24. The number of hydrogen-bond acceptors (Lipinski definition) is 2. The minimum atomic E-state index is -0.0573. The molecule has 0 fully saturated rings. The third kappa shape index (κ3) is 2.66. The summed E-state index contributed by atoms with van der Waals surface area (Å²) in [6.07, 6.45) is 0. The number of rotatable bonds is 1. The van der Waals surface area contributed by atoms with Crippen molar-refractivity contribution in [1.29, 1.82) is 0 Å². The number of halogens is 2. The summed E-state index contributed by atoms with van der Waals surface area (Å²) in [5.41, 5.74) is 0. The lowest BCUT2D eigenvalue weighted by atomic mass is 10.3. The summed E-state index contributed by atoms with van der Waals surface area (Å²) in [7, 11) is 0. The summed E-state index contributed by atoms with van der Waals surface area (Å²) >= 11 is 15.6. The van der Waals surface area contributed by atoms with Gasteiger partial charge in [0.05, 0.1) is 5.02 Å². The van der Waals surface area contributed by atoms with Gasteiger partial charge in [0.15, 0.2) is 0 Å². The number of para-hydroxylation sites is 1. The Kier molecular flexibility index (Phi) is 3.12. The molecule has 1 aromatic carbocycles. The molecule has 0 aromatic heterocycles. The Labute approximate surface area is 79.9 Å². The molecular weight excluding hydrogens is 203 g/mol. The van der Waals surface area contributed by atoms with Crippen LogP contribution in [0.15, 0.2) is 24.3 Å². The molecule has 0 saturated heterocycles. The van der Waals surface area contributed by atoms with Crippen LogP contribution in [0.1, 0.15) is 0 Å². The molecule has 0 heterocycles. The van der Waals surface area contributed by atoms with E-state index in [1.165, 1.54) is 0 Å². The van der Waals surface area contributed by atoms with Crippen molar-refractivity contribution in [1.82, 2.24) is 0 Å². The summed E-state index contributed by atoms with van der Waals surface area (Å²) in [6.45, 7) is 0. The fraction of sp³-hybridized carbons (Fsp3) is 0. The average molecular weight is 207 g/mol. The highest BCUT2D eigenvalue weighted by molar-refractivity contribution is 7.82. The van der Waals surface area contributed by atoms with Crippen LogP contribution in [-0.2, 0) is 0 Å². The molecule has 0 aliphatic carbocycles. The van der Waals surface area contributed by atoms with Crippen molar-refractivity contribution in [2.75, 3.05) is 0 Å². The zero-order chi connectivity index (χ0) is 8.27. The molecule has 0 amide bonds. The van der Waals surface area contributed by atoms with E-state index in [-0.39, 0.29) is 4.51 Å². The first-order valence-electron chi connectivity index (χ1n) is 2.82. The van der Waals surface area contributed by atoms with Crippen LogP contribution >= 0.6 is 35.4 Å². The van der Waals surface area contributed by atoms with Gasteiger partial charge in [-0.15, -0.1) is 0 Å². The number of ether oxygens (including phenoxy) is 1. The standard InChI is InChI=1S/C7H4Cl2OS/c8-5-3-1-2-4-6(5)10-7(9)11/h1-4H. The topological polar surface area (TPSA) is 9.23 Å². The normalized spacial score (nSPS) is 9.27. The van der Waals surface area contributed by atoms with Crippen molar-refractivity contribution in [2.24, 2.45) is 0 Å². The average Bonchev–Trinajstić information content (AvgIpc) is 1.93. The predicted molar refractivity (Wildman–Crippen MR) is 50.5 cm³/mol. The maximum absolute atomic E-state index is 5.73. The lowest BCUT2D eigenvalue weighted by Crippen LogP contribution is -1.95. The van der Waals surface area contributed by atoms with E-state index in [9.17, 15) is 0 Å². The van der Waals surface area contributed by atoms with Crippen LogP contribution < -0.4 is 4.74 Å². The first kappa shape index (κ1) is 8.78. The van der Waals surface area contributed by atoms with Gasteiger partial charge < -0.3 is 4.74 Å². The van der Waals surface area contributed by atoms with Gasteiger partial charge in [0, 0.05) is 0 Å². The van der Waals surface area contributed by atoms with Crippen molar-refractivity contribution < 1.29 is 4.74 Å².